The van der Waals surface area contributed by atoms with Gasteiger partial charge in [0.15, 0.2) is 0 Å². The molecular weight excluding hydrogens is 182 g/mol. The van der Waals surface area contributed by atoms with E-state index in [1.807, 2.05) is 27.7 Å². The molecule has 1 aliphatic rings. The largest absolute Gasteiger partial charge is 0.444 e. The van der Waals surface area contributed by atoms with E-state index in [0.717, 1.165) is 6.42 Å². The van der Waals surface area contributed by atoms with E-state index in [-0.39, 0.29) is 11.6 Å². The summed E-state index contributed by atoms with van der Waals surface area (Å²) in [5.74, 6) is 0. The minimum Gasteiger partial charge on any atom is -0.444 e. The summed E-state index contributed by atoms with van der Waals surface area (Å²) in [4.78, 5) is 11.4. The molecule has 1 amide bonds. The smallest absolute Gasteiger partial charge is 0.408 e. The normalized spacial score (nSPS) is 27.4. The molecule has 1 unspecified atom stereocenters. The number of rotatable bonds is 1. The average molecular weight is 201 g/mol. The van der Waals surface area contributed by atoms with Crippen LogP contribution in [0, 0.1) is 0 Å². The number of amides is 1. The molecule has 4 nitrogen and oxygen atoms in total. The molecule has 0 saturated carbocycles. The summed E-state index contributed by atoms with van der Waals surface area (Å²) in [6, 6.07) is 0. The Bertz CT molecular complexity index is 214. The lowest BCUT2D eigenvalue weighted by Gasteiger charge is -2.26. The molecule has 1 N–H and O–H groups in total. The third-order valence-corrected chi connectivity index (χ3v) is 2.02. The van der Waals surface area contributed by atoms with Crippen LogP contribution < -0.4 is 5.32 Å². The zero-order chi connectivity index (χ0) is 10.8. The van der Waals surface area contributed by atoms with Gasteiger partial charge in [0, 0.05) is 6.61 Å². The Kier molecular flexibility index (Phi) is 3.04. The van der Waals surface area contributed by atoms with E-state index < -0.39 is 5.60 Å². The maximum absolute atomic E-state index is 11.4. The van der Waals surface area contributed by atoms with Gasteiger partial charge in [0.25, 0.3) is 0 Å². The van der Waals surface area contributed by atoms with Crippen molar-refractivity contribution in [2.75, 3.05) is 13.2 Å². The second-order valence-electron chi connectivity index (χ2n) is 4.99. The fraction of sp³-hybridized carbons (Fsp3) is 0.900. The molecule has 1 fully saturated rings. The van der Waals surface area contributed by atoms with Crippen molar-refractivity contribution in [1.29, 1.82) is 0 Å². The Hall–Kier alpha value is -0.770. The van der Waals surface area contributed by atoms with Crippen LogP contribution in [-0.2, 0) is 9.47 Å². The van der Waals surface area contributed by atoms with Gasteiger partial charge in [-0.3, -0.25) is 0 Å². The lowest BCUT2D eigenvalue weighted by atomic mass is 10.0. The van der Waals surface area contributed by atoms with E-state index in [0.29, 0.717) is 13.2 Å². The molecule has 1 atom stereocenters. The number of hydrogen-bond acceptors (Lipinski definition) is 3. The van der Waals surface area contributed by atoms with Crippen LogP contribution >= 0.6 is 0 Å². The SMILES string of the molecule is CC1(NC(=O)OC(C)(C)C)CCOC1. The van der Waals surface area contributed by atoms with Crippen LogP contribution in [0.1, 0.15) is 34.1 Å². The number of hydrogen-bond donors (Lipinski definition) is 1. The highest BCUT2D eigenvalue weighted by atomic mass is 16.6. The first kappa shape index (κ1) is 11.3. The van der Waals surface area contributed by atoms with Crippen molar-refractivity contribution in [3.8, 4) is 0 Å². The minimum absolute atomic E-state index is 0.262. The van der Waals surface area contributed by atoms with Gasteiger partial charge in [-0.15, -0.1) is 0 Å². The van der Waals surface area contributed by atoms with Gasteiger partial charge in [-0.2, -0.15) is 0 Å². The number of alkyl carbamates (subject to hydrolysis) is 1. The van der Waals surface area contributed by atoms with Gasteiger partial charge in [0.05, 0.1) is 12.1 Å². The zero-order valence-corrected chi connectivity index (χ0v) is 9.35. The van der Waals surface area contributed by atoms with Crippen molar-refractivity contribution in [2.45, 2.75) is 45.3 Å². The van der Waals surface area contributed by atoms with Crippen LogP contribution in [0.4, 0.5) is 4.79 Å². The molecule has 0 aliphatic carbocycles. The monoisotopic (exact) mass is 201 g/mol. The predicted octanol–water partition coefficient (Wildman–Crippen LogP) is 1.69. The topological polar surface area (TPSA) is 47.6 Å². The number of carbonyl (C=O) groups excluding carboxylic acids is 1. The molecule has 14 heavy (non-hydrogen) atoms. The van der Waals surface area contributed by atoms with Crippen LogP contribution in [0.5, 0.6) is 0 Å². The Morgan fingerprint density at radius 1 is 1.50 bits per heavy atom. The molecular formula is C10H19NO3. The summed E-state index contributed by atoms with van der Waals surface area (Å²) in [6.07, 6.45) is 0.470. The lowest BCUT2D eigenvalue weighted by molar-refractivity contribution is 0.0452. The van der Waals surface area contributed by atoms with E-state index in [9.17, 15) is 4.79 Å². The summed E-state index contributed by atoms with van der Waals surface area (Å²) in [6.45, 7) is 8.77. The minimum atomic E-state index is -0.445. The Morgan fingerprint density at radius 3 is 2.57 bits per heavy atom. The van der Waals surface area contributed by atoms with Crippen molar-refractivity contribution >= 4 is 6.09 Å². The molecule has 82 valence electrons. The van der Waals surface area contributed by atoms with Gasteiger partial charge in [0.2, 0.25) is 0 Å². The molecule has 0 bridgehead atoms. The van der Waals surface area contributed by atoms with E-state index in [2.05, 4.69) is 5.32 Å². The maximum Gasteiger partial charge on any atom is 0.408 e. The van der Waals surface area contributed by atoms with Crippen molar-refractivity contribution in [1.82, 2.24) is 5.32 Å². The van der Waals surface area contributed by atoms with Gasteiger partial charge < -0.3 is 14.8 Å². The second kappa shape index (κ2) is 3.77. The van der Waals surface area contributed by atoms with Crippen LogP contribution in [0.3, 0.4) is 0 Å². The predicted molar refractivity (Wildman–Crippen MR) is 53.2 cm³/mol. The molecule has 0 aromatic heterocycles. The molecule has 1 saturated heterocycles. The lowest BCUT2D eigenvalue weighted by Crippen LogP contribution is -2.48. The quantitative estimate of drug-likeness (QED) is 0.702. The summed E-state index contributed by atoms with van der Waals surface area (Å²) < 4.78 is 10.4. The third-order valence-electron chi connectivity index (χ3n) is 2.02. The summed E-state index contributed by atoms with van der Waals surface area (Å²) in [5.41, 5.74) is -0.706. The molecule has 1 aliphatic heterocycles. The van der Waals surface area contributed by atoms with Gasteiger partial charge >= 0.3 is 6.09 Å². The summed E-state index contributed by atoms with van der Waals surface area (Å²) >= 11 is 0. The Morgan fingerprint density at radius 2 is 2.14 bits per heavy atom. The maximum atomic E-state index is 11.4. The first-order valence-corrected chi connectivity index (χ1v) is 4.90. The highest BCUT2D eigenvalue weighted by Crippen LogP contribution is 2.18. The van der Waals surface area contributed by atoms with Gasteiger partial charge in [0.1, 0.15) is 5.60 Å². The molecule has 0 radical (unpaired) electrons. The molecule has 0 spiro atoms. The molecule has 0 aromatic rings. The average Bonchev–Trinajstić information content (AvgIpc) is 2.30. The standard InChI is InChI=1S/C10H19NO3/c1-9(2,3)14-8(12)11-10(4)5-6-13-7-10/h5-7H2,1-4H3,(H,11,12). The highest BCUT2D eigenvalue weighted by molar-refractivity contribution is 5.68. The second-order valence-corrected chi connectivity index (χ2v) is 4.99. The van der Waals surface area contributed by atoms with Crippen LogP contribution in [0.2, 0.25) is 0 Å². The first-order chi connectivity index (χ1) is 6.31. The zero-order valence-electron chi connectivity index (χ0n) is 9.35. The van der Waals surface area contributed by atoms with Crippen molar-refractivity contribution < 1.29 is 14.3 Å². The van der Waals surface area contributed by atoms with Gasteiger partial charge in [-0.25, -0.2) is 4.79 Å². The fourth-order valence-corrected chi connectivity index (χ4v) is 1.32. The number of carbonyl (C=O) groups is 1. The molecule has 0 aromatic carbocycles. The van der Waals surface area contributed by atoms with Crippen molar-refractivity contribution in [3.63, 3.8) is 0 Å². The number of nitrogens with one attached hydrogen (secondary N) is 1. The summed E-state index contributed by atoms with van der Waals surface area (Å²) in [5, 5.41) is 2.83. The van der Waals surface area contributed by atoms with E-state index in [1.165, 1.54) is 0 Å². The van der Waals surface area contributed by atoms with Crippen molar-refractivity contribution in [3.05, 3.63) is 0 Å². The summed E-state index contributed by atoms with van der Waals surface area (Å²) in [7, 11) is 0. The van der Waals surface area contributed by atoms with E-state index >= 15 is 0 Å². The molecule has 4 heteroatoms. The first-order valence-electron chi connectivity index (χ1n) is 4.90. The third kappa shape index (κ3) is 3.54. The van der Waals surface area contributed by atoms with E-state index in [4.69, 9.17) is 9.47 Å². The number of ether oxygens (including phenoxy) is 2. The van der Waals surface area contributed by atoms with E-state index in [1.54, 1.807) is 0 Å². The highest BCUT2D eigenvalue weighted by Gasteiger charge is 2.32. The molecule has 1 rings (SSSR count). The van der Waals surface area contributed by atoms with Crippen molar-refractivity contribution in [2.24, 2.45) is 0 Å². The van der Waals surface area contributed by atoms with Gasteiger partial charge in [-0.1, -0.05) is 0 Å². The van der Waals surface area contributed by atoms with Crippen LogP contribution in [0.15, 0.2) is 0 Å². The van der Waals surface area contributed by atoms with Crippen LogP contribution in [-0.4, -0.2) is 30.4 Å². The Balaban J connectivity index is 2.40. The fourth-order valence-electron chi connectivity index (χ4n) is 1.32. The van der Waals surface area contributed by atoms with Crippen LogP contribution in [0.25, 0.3) is 0 Å². The van der Waals surface area contributed by atoms with Gasteiger partial charge in [-0.05, 0) is 34.1 Å². The Labute approximate surface area is 85.0 Å². The molecule has 1 heterocycles.